The van der Waals surface area contributed by atoms with Crippen LogP contribution in [-0.4, -0.2) is 12.9 Å². The topological polar surface area (TPSA) is 26.3 Å². The van der Waals surface area contributed by atoms with Crippen molar-refractivity contribution in [3.8, 4) is 18.1 Å². The van der Waals surface area contributed by atoms with E-state index in [1.54, 1.807) is 18.2 Å². The monoisotopic (exact) mass is 238 g/mol. The summed E-state index contributed by atoms with van der Waals surface area (Å²) in [6.07, 6.45) is 5.76. The lowest BCUT2D eigenvalue weighted by Crippen LogP contribution is -1.97. The summed E-state index contributed by atoms with van der Waals surface area (Å²) < 4.78 is 5.87. The summed E-state index contributed by atoms with van der Waals surface area (Å²) in [5, 5.41) is 0. The van der Waals surface area contributed by atoms with Crippen molar-refractivity contribution in [1.29, 1.82) is 0 Å². The lowest BCUT2D eigenvalue weighted by atomic mass is 10.2. The highest BCUT2D eigenvalue weighted by atomic mass is 79.9. The van der Waals surface area contributed by atoms with Crippen LogP contribution in [0.2, 0.25) is 0 Å². The van der Waals surface area contributed by atoms with Crippen LogP contribution in [-0.2, 0) is 0 Å². The van der Waals surface area contributed by atoms with Gasteiger partial charge in [0.1, 0.15) is 12.4 Å². The van der Waals surface area contributed by atoms with Gasteiger partial charge < -0.3 is 4.74 Å². The Morgan fingerprint density at radius 1 is 1.62 bits per heavy atom. The lowest BCUT2D eigenvalue weighted by Gasteiger charge is -2.05. The standard InChI is InChI=1S/C10H7BrO2/c1-2-6-13-10-5-3-4-9(11)8(10)7-12/h1,3-5,7H,6H2. The summed E-state index contributed by atoms with van der Waals surface area (Å²) in [7, 11) is 0. The van der Waals surface area contributed by atoms with Gasteiger partial charge >= 0.3 is 0 Å². The third-order valence-corrected chi connectivity index (χ3v) is 2.13. The van der Waals surface area contributed by atoms with Crippen LogP contribution in [0.1, 0.15) is 10.4 Å². The van der Waals surface area contributed by atoms with Crippen LogP contribution in [0.25, 0.3) is 0 Å². The molecule has 0 amide bonds. The first-order chi connectivity index (χ1) is 6.29. The van der Waals surface area contributed by atoms with E-state index in [1.165, 1.54) is 0 Å². The smallest absolute Gasteiger partial charge is 0.154 e. The predicted molar refractivity (Wildman–Crippen MR) is 53.9 cm³/mol. The molecule has 0 aromatic heterocycles. The fourth-order valence-electron chi connectivity index (χ4n) is 0.877. The van der Waals surface area contributed by atoms with Gasteiger partial charge in [0.2, 0.25) is 0 Å². The summed E-state index contributed by atoms with van der Waals surface area (Å²) in [4.78, 5) is 10.6. The molecular weight excluding hydrogens is 232 g/mol. The van der Waals surface area contributed by atoms with E-state index in [0.717, 1.165) is 6.29 Å². The molecule has 0 aliphatic heterocycles. The zero-order valence-electron chi connectivity index (χ0n) is 6.79. The van der Waals surface area contributed by atoms with Gasteiger partial charge in [-0.3, -0.25) is 4.79 Å². The van der Waals surface area contributed by atoms with E-state index in [2.05, 4.69) is 21.9 Å². The first-order valence-electron chi connectivity index (χ1n) is 3.59. The fourth-order valence-corrected chi connectivity index (χ4v) is 1.32. The van der Waals surface area contributed by atoms with E-state index in [4.69, 9.17) is 11.2 Å². The first-order valence-corrected chi connectivity index (χ1v) is 4.39. The van der Waals surface area contributed by atoms with Gasteiger partial charge in [-0.2, -0.15) is 0 Å². The Kier molecular flexibility index (Phi) is 3.53. The molecule has 0 radical (unpaired) electrons. The van der Waals surface area contributed by atoms with Crippen LogP contribution in [0.4, 0.5) is 0 Å². The molecule has 1 rings (SSSR count). The third-order valence-electron chi connectivity index (χ3n) is 1.44. The summed E-state index contributed by atoms with van der Waals surface area (Å²) >= 11 is 3.24. The van der Waals surface area contributed by atoms with E-state index in [-0.39, 0.29) is 6.61 Å². The molecule has 0 heterocycles. The molecule has 13 heavy (non-hydrogen) atoms. The highest BCUT2D eigenvalue weighted by molar-refractivity contribution is 9.10. The fraction of sp³-hybridized carbons (Fsp3) is 0.100. The SMILES string of the molecule is C#CCOc1cccc(Br)c1C=O. The number of hydrogen-bond acceptors (Lipinski definition) is 2. The Hall–Kier alpha value is -1.27. The zero-order valence-corrected chi connectivity index (χ0v) is 8.37. The molecule has 0 saturated heterocycles. The quantitative estimate of drug-likeness (QED) is 0.597. The molecule has 0 bridgehead atoms. The Balaban J connectivity index is 2.99. The molecule has 0 unspecified atom stereocenters. The summed E-state index contributed by atoms with van der Waals surface area (Å²) in [6, 6.07) is 5.25. The number of rotatable bonds is 3. The van der Waals surface area contributed by atoms with Gasteiger partial charge in [-0.25, -0.2) is 0 Å². The van der Waals surface area contributed by atoms with E-state index in [1.807, 2.05) is 0 Å². The normalized spacial score (nSPS) is 8.92. The molecule has 0 atom stereocenters. The van der Waals surface area contributed by atoms with Crippen molar-refractivity contribution in [2.24, 2.45) is 0 Å². The van der Waals surface area contributed by atoms with Crippen molar-refractivity contribution in [2.45, 2.75) is 0 Å². The largest absolute Gasteiger partial charge is 0.480 e. The van der Waals surface area contributed by atoms with Gasteiger partial charge in [-0.15, -0.1) is 6.42 Å². The maximum Gasteiger partial charge on any atom is 0.154 e. The van der Waals surface area contributed by atoms with E-state index in [0.29, 0.717) is 15.8 Å². The number of ether oxygens (including phenoxy) is 1. The number of aldehydes is 1. The minimum atomic E-state index is 0.164. The van der Waals surface area contributed by atoms with E-state index in [9.17, 15) is 4.79 Å². The number of terminal acetylenes is 1. The van der Waals surface area contributed by atoms with Crippen LogP contribution in [0.5, 0.6) is 5.75 Å². The van der Waals surface area contributed by atoms with Gasteiger partial charge in [0, 0.05) is 4.47 Å². The minimum absolute atomic E-state index is 0.164. The summed E-state index contributed by atoms with van der Waals surface area (Å²) in [5.41, 5.74) is 0.484. The second-order valence-electron chi connectivity index (χ2n) is 2.26. The Labute approximate surface area is 85.0 Å². The molecular formula is C10H7BrO2. The van der Waals surface area contributed by atoms with Gasteiger partial charge in [0.15, 0.2) is 6.29 Å². The Bertz CT molecular complexity index is 352. The Morgan fingerprint density at radius 2 is 2.38 bits per heavy atom. The Morgan fingerprint density at radius 3 is 3.00 bits per heavy atom. The summed E-state index contributed by atoms with van der Waals surface area (Å²) in [5.74, 6) is 2.84. The number of hydrogen-bond donors (Lipinski definition) is 0. The number of carbonyl (C=O) groups excluding carboxylic acids is 1. The number of benzene rings is 1. The number of carbonyl (C=O) groups is 1. The molecule has 66 valence electrons. The third kappa shape index (κ3) is 2.33. The van der Waals surface area contributed by atoms with Crippen LogP contribution in [0, 0.1) is 12.3 Å². The molecule has 1 aromatic carbocycles. The highest BCUT2D eigenvalue weighted by Crippen LogP contribution is 2.24. The van der Waals surface area contributed by atoms with Gasteiger partial charge in [-0.1, -0.05) is 12.0 Å². The average molecular weight is 239 g/mol. The zero-order chi connectivity index (χ0) is 9.68. The molecule has 0 aliphatic carbocycles. The second kappa shape index (κ2) is 4.68. The van der Waals surface area contributed by atoms with Gasteiger partial charge in [0.05, 0.1) is 5.56 Å². The minimum Gasteiger partial charge on any atom is -0.480 e. The van der Waals surface area contributed by atoms with Crippen molar-refractivity contribution >= 4 is 22.2 Å². The highest BCUT2D eigenvalue weighted by Gasteiger charge is 2.05. The van der Waals surface area contributed by atoms with E-state index >= 15 is 0 Å². The predicted octanol–water partition coefficient (Wildman–Crippen LogP) is 2.27. The molecule has 0 spiro atoms. The van der Waals surface area contributed by atoms with Crippen LogP contribution in [0.3, 0.4) is 0 Å². The van der Waals surface area contributed by atoms with Crippen molar-refractivity contribution in [3.05, 3.63) is 28.2 Å². The number of halogens is 1. The van der Waals surface area contributed by atoms with Crippen molar-refractivity contribution in [2.75, 3.05) is 6.61 Å². The van der Waals surface area contributed by atoms with Gasteiger partial charge in [0.25, 0.3) is 0 Å². The van der Waals surface area contributed by atoms with E-state index < -0.39 is 0 Å². The van der Waals surface area contributed by atoms with Crippen LogP contribution < -0.4 is 4.74 Å². The van der Waals surface area contributed by atoms with Crippen LogP contribution >= 0.6 is 15.9 Å². The van der Waals surface area contributed by atoms with Crippen molar-refractivity contribution in [1.82, 2.24) is 0 Å². The molecule has 0 saturated carbocycles. The average Bonchev–Trinajstić information content (AvgIpc) is 2.15. The second-order valence-corrected chi connectivity index (χ2v) is 3.12. The lowest BCUT2D eigenvalue weighted by molar-refractivity contribution is 0.111. The first kappa shape index (κ1) is 9.82. The maximum absolute atomic E-state index is 10.6. The molecule has 0 fully saturated rings. The van der Waals surface area contributed by atoms with Gasteiger partial charge in [-0.05, 0) is 28.1 Å². The molecule has 2 nitrogen and oxygen atoms in total. The maximum atomic E-state index is 10.6. The van der Waals surface area contributed by atoms with Crippen LogP contribution in [0.15, 0.2) is 22.7 Å². The van der Waals surface area contributed by atoms with Crippen molar-refractivity contribution < 1.29 is 9.53 Å². The molecule has 3 heteroatoms. The summed E-state index contributed by atoms with van der Waals surface area (Å²) in [6.45, 7) is 0.164. The van der Waals surface area contributed by atoms with Crippen molar-refractivity contribution in [3.63, 3.8) is 0 Å². The molecule has 0 aliphatic rings. The molecule has 1 aromatic rings. The molecule has 0 N–H and O–H groups in total.